The summed E-state index contributed by atoms with van der Waals surface area (Å²) >= 11 is 7.40. The monoisotopic (exact) mass is 349 g/mol. The third-order valence-corrected chi connectivity index (χ3v) is 4.32. The third kappa shape index (κ3) is 3.20. The van der Waals surface area contributed by atoms with Crippen LogP contribution in [0.2, 0.25) is 5.02 Å². The highest BCUT2D eigenvalue weighted by atomic mass is 35.5. The second-order valence-corrected chi connectivity index (χ2v) is 6.02. The standard InChI is InChI=1S/C15H12ClN3O3S/c1-22-12-3-2-9(6-11(12)16)18-13(20)7-19-8-17-14-10(15(19)21)4-5-23-14/h2-6,8H,7H2,1H3,(H,18,20). The molecule has 0 radical (unpaired) electrons. The Morgan fingerprint density at radius 3 is 3.00 bits per heavy atom. The number of methoxy groups -OCH3 is 1. The Hall–Kier alpha value is -2.38. The number of benzene rings is 1. The number of hydrogen-bond donors (Lipinski definition) is 1. The number of aromatic nitrogens is 2. The van der Waals surface area contributed by atoms with Gasteiger partial charge in [0.2, 0.25) is 5.91 Å². The van der Waals surface area contributed by atoms with Gasteiger partial charge in [-0.05, 0) is 29.6 Å². The molecule has 3 rings (SSSR count). The Labute approximate surface area is 140 Å². The van der Waals surface area contributed by atoms with Crippen LogP contribution in [0.5, 0.6) is 5.75 Å². The molecule has 2 heterocycles. The molecular formula is C15H12ClN3O3S. The van der Waals surface area contributed by atoms with E-state index in [2.05, 4.69) is 10.3 Å². The average molecular weight is 350 g/mol. The highest BCUT2D eigenvalue weighted by Gasteiger charge is 2.10. The second-order valence-electron chi connectivity index (χ2n) is 4.71. The SMILES string of the molecule is COc1ccc(NC(=O)Cn2cnc3sccc3c2=O)cc1Cl. The van der Waals surface area contributed by atoms with Crippen LogP contribution in [0.4, 0.5) is 5.69 Å². The number of amides is 1. The number of thiophene rings is 1. The number of nitrogens with one attached hydrogen (secondary N) is 1. The van der Waals surface area contributed by atoms with E-state index in [1.807, 2.05) is 0 Å². The van der Waals surface area contributed by atoms with Crippen LogP contribution in [0.15, 0.2) is 40.8 Å². The van der Waals surface area contributed by atoms with Gasteiger partial charge in [-0.25, -0.2) is 4.98 Å². The first-order chi connectivity index (χ1) is 11.1. The highest BCUT2D eigenvalue weighted by Crippen LogP contribution is 2.27. The number of carbonyl (C=O) groups excluding carboxylic acids is 1. The minimum Gasteiger partial charge on any atom is -0.495 e. The number of nitrogens with zero attached hydrogens (tertiary/aromatic N) is 2. The van der Waals surface area contributed by atoms with Gasteiger partial charge in [-0.15, -0.1) is 11.3 Å². The van der Waals surface area contributed by atoms with Crippen molar-refractivity contribution in [3.05, 3.63) is 51.3 Å². The van der Waals surface area contributed by atoms with Gasteiger partial charge in [0.15, 0.2) is 0 Å². The van der Waals surface area contributed by atoms with E-state index in [1.54, 1.807) is 29.6 Å². The van der Waals surface area contributed by atoms with Crippen LogP contribution in [0.3, 0.4) is 0 Å². The summed E-state index contributed by atoms with van der Waals surface area (Å²) in [6.45, 7) is -0.124. The van der Waals surface area contributed by atoms with Crippen molar-refractivity contribution in [3.8, 4) is 5.75 Å². The van der Waals surface area contributed by atoms with Crippen molar-refractivity contribution in [1.29, 1.82) is 0 Å². The molecule has 8 heteroatoms. The quantitative estimate of drug-likeness (QED) is 0.786. The van der Waals surface area contributed by atoms with Crippen LogP contribution in [-0.2, 0) is 11.3 Å². The number of hydrogen-bond acceptors (Lipinski definition) is 5. The Balaban J connectivity index is 1.77. The molecule has 3 aromatic rings. The predicted octanol–water partition coefficient (Wildman–Crippen LogP) is 2.76. The zero-order valence-electron chi connectivity index (χ0n) is 12.1. The maximum absolute atomic E-state index is 12.2. The van der Waals surface area contributed by atoms with Crippen LogP contribution in [0.25, 0.3) is 10.2 Å². The minimum absolute atomic E-state index is 0.124. The van der Waals surface area contributed by atoms with Crippen LogP contribution >= 0.6 is 22.9 Å². The van der Waals surface area contributed by atoms with Crippen LogP contribution < -0.4 is 15.6 Å². The first kappa shape index (κ1) is 15.5. The van der Waals surface area contributed by atoms with E-state index in [0.29, 0.717) is 26.7 Å². The number of ether oxygens (including phenoxy) is 1. The van der Waals surface area contributed by atoms with Gasteiger partial charge in [0.1, 0.15) is 17.1 Å². The van der Waals surface area contributed by atoms with Crippen molar-refractivity contribution in [1.82, 2.24) is 9.55 Å². The Morgan fingerprint density at radius 2 is 2.26 bits per heavy atom. The average Bonchev–Trinajstić information content (AvgIpc) is 3.00. The molecule has 23 heavy (non-hydrogen) atoms. The van der Waals surface area contributed by atoms with Gasteiger partial charge < -0.3 is 10.1 Å². The Morgan fingerprint density at radius 1 is 1.43 bits per heavy atom. The van der Waals surface area contributed by atoms with Crippen molar-refractivity contribution >= 4 is 44.7 Å². The topological polar surface area (TPSA) is 73.2 Å². The summed E-state index contributed by atoms with van der Waals surface area (Å²) in [5, 5.41) is 5.39. The molecule has 2 aromatic heterocycles. The summed E-state index contributed by atoms with van der Waals surface area (Å²) in [5.41, 5.74) is 0.289. The van der Waals surface area contributed by atoms with Crippen molar-refractivity contribution in [3.63, 3.8) is 0 Å². The fourth-order valence-corrected chi connectivity index (χ4v) is 3.09. The maximum atomic E-state index is 12.2. The zero-order chi connectivity index (χ0) is 16.4. The molecule has 0 fully saturated rings. The van der Waals surface area contributed by atoms with Gasteiger partial charge in [-0.3, -0.25) is 14.2 Å². The van der Waals surface area contributed by atoms with Crippen molar-refractivity contribution in [2.24, 2.45) is 0 Å². The van der Waals surface area contributed by atoms with Crippen molar-refractivity contribution in [2.45, 2.75) is 6.54 Å². The van der Waals surface area contributed by atoms with Gasteiger partial charge in [0.05, 0.1) is 23.8 Å². The van der Waals surface area contributed by atoms with E-state index in [9.17, 15) is 9.59 Å². The summed E-state index contributed by atoms with van der Waals surface area (Å²) in [5.74, 6) is 0.178. The molecule has 0 saturated heterocycles. The van der Waals surface area contributed by atoms with E-state index < -0.39 is 0 Å². The fourth-order valence-electron chi connectivity index (χ4n) is 2.11. The molecule has 1 amide bonds. The number of rotatable bonds is 4. The highest BCUT2D eigenvalue weighted by molar-refractivity contribution is 7.16. The van der Waals surface area contributed by atoms with Crippen molar-refractivity contribution in [2.75, 3.05) is 12.4 Å². The van der Waals surface area contributed by atoms with Gasteiger partial charge in [0.25, 0.3) is 5.56 Å². The van der Waals surface area contributed by atoms with Crippen LogP contribution in [0.1, 0.15) is 0 Å². The minimum atomic E-state index is -0.343. The number of fused-ring (bicyclic) bond motifs is 1. The smallest absolute Gasteiger partial charge is 0.262 e. The number of carbonyl (C=O) groups is 1. The molecule has 0 bridgehead atoms. The summed E-state index contributed by atoms with van der Waals surface area (Å²) in [4.78, 5) is 29.2. The largest absolute Gasteiger partial charge is 0.495 e. The molecule has 0 unspecified atom stereocenters. The maximum Gasteiger partial charge on any atom is 0.262 e. The van der Waals surface area contributed by atoms with Gasteiger partial charge in [-0.2, -0.15) is 0 Å². The molecule has 0 aliphatic heterocycles. The fraction of sp³-hybridized carbons (Fsp3) is 0.133. The molecule has 1 aromatic carbocycles. The lowest BCUT2D eigenvalue weighted by Gasteiger charge is -2.09. The van der Waals surface area contributed by atoms with E-state index >= 15 is 0 Å². The van der Waals surface area contributed by atoms with Gasteiger partial charge in [-0.1, -0.05) is 11.6 Å². The van der Waals surface area contributed by atoms with Gasteiger partial charge >= 0.3 is 0 Å². The van der Waals surface area contributed by atoms with Crippen LogP contribution in [-0.4, -0.2) is 22.6 Å². The molecule has 0 aliphatic rings. The number of anilines is 1. The predicted molar refractivity (Wildman–Crippen MR) is 90.5 cm³/mol. The molecular weight excluding hydrogens is 338 g/mol. The summed E-state index contributed by atoms with van der Waals surface area (Å²) < 4.78 is 6.33. The summed E-state index contributed by atoms with van der Waals surface area (Å²) in [6.07, 6.45) is 1.38. The lowest BCUT2D eigenvalue weighted by Crippen LogP contribution is -2.27. The Kier molecular flexibility index (Phi) is 4.31. The second kappa shape index (κ2) is 6.39. The lowest BCUT2D eigenvalue weighted by atomic mass is 10.3. The van der Waals surface area contributed by atoms with Crippen molar-refractivity contribution < 1.29 is 9.53 Å². The molecule has 0 saturated carbocycles. The zero-order valence-corrected chi connectivity index (χ0v) is 13.6. The van der Waals surface area contributed by atoms with E-state index in [4.69, 9.17) is 16.3 Å². The molecule has 0 spiro atoms. The third-order valence-electron chi connectivity index (χ3n) is 3.20. The first-order valence-electron chi connectivity index (χ1n) is 6.64. The Bertz CT molecular complexity index is 935. The van der Waals surface area contributed by atoms with Gasteiger partial charge in [0, 0.05) is 5.69 Å². The number of halogens is 1. The molecule has 0 aliphatic carbocycles. The molecule has 6 nitrogen and oxygen atoms in total. The lowest BCUT2D eigenvalue weighted by molar-refractivity contribution is -0.116. The first-order valence-corrected chi connectivity index (χ1v) is 7.90. The van der Waals surface area contributed by atoms with E-state index in [1.165, 1.54) is 29.3 Å². The molecule has 1 N–H and O–H groups in total. The molecule has 0 atom stereocenters. The summed E-state index contributed by atoms with van der Waals surface area (Å²) in [6, 6.07) is 6.61. The van der Waals surface area contributed by atoms with E-state index in [-0.39, 0.29) is 18.0 Å². The normalized spacial score (nSPS) is 10.7. The molecule has 118 valence electrons. The summed E-state index contributed by atoms with van der Waals surface area (Å²) in [7, 11) is 1.51. The van der Waals surface area contributed by atoms with E-state index in [0.717, 1.165) is 0 Å². The van der Waals surface area contributed by atoms with Crippen LogP contribution in [0, 0.1) is 0 Å².